The van der Waals surface area contributed by atoms with Crippen LogP contribution in [-0.4, -0.2) is 23.3 Å². The number of fused-ring (bicyclic) bond motifs is 1. The number of pyridine rings is 1. The fourth-order valence-electron chi connectivity index (χ4n) is 1.97. The maximum Gasteiger partial charge on any atom is 0.306 e. The number of rotatable bonds is 6. The average molecular weight is 271 g/mol. The summed E-state index contributed by atoms with van der Waals surface area (Å²) in [6.45, 7) is 2.34. The van der Waals surface area contributed by atoms with Crippen LogP contribution in [0.5, 0.6) is 0 Å². The van der Waals surface area contributed by atoms with Crippen molar-refractivity contribution in [3.05, 3.63) is 42.1 Å². The van der Waals surface area contributed by atoms with Crippen LogP contribution in [0.4, 0.5) is 0 Å². The Kier molecular flexibility index (Phi) is 4.82. The minimum Gasteiger partial charge on any atom is -0.466 e. The summed E-state index contributed by atoms with van der Waals surface area (Å²) in [6.07, 6.45) is 2.71. The van der Waals surface area contributed by atoms with Crippen LogP contribution in [0.25, 0.3) is 10.9 Å². The first kappa shape index (κ1) is 14.2. The maximum absolute atomic E-state index is 12.2. The largest absolute Gasteiger partial charge is 0.466 e. The number of nitrogens with zero attached hydrogens (tertiary/aromatic N) is 1. The molecule has 0 aliphatic rings. The van der Waals surface area contributed by atoms with Gasteiger partial charge in [0.15, 0.2) is 5.78 Å². The molecule has 0 unspecified atom stereocenters. The molecule has 2 aromatic rings. The normalized spacial score (nSPS) is 10.4. The summed E-state index contributed by atoms with van der Waals surface area (Å²) < 4.78 is 4.96. The van der Waals surface area contributed by atoms with Gasteiger partial charge in [-0.3, -0.25) is 14.6 Å². The third-order valence-electron chi connectivity index (χ3n) is 2.96. The number of benzene rings is 1. The molecule has 2 rings (SSSR count). The quantitative estimate of drug-likeness (QED) is 0.598. The molecule has 4 heteroatoms. The van der Waals surface area contributed by atoms with Crippen LogP contribution in [0.3, 0.4) is 0 Å². The van der Waals surface area contributed by atoms with Gasteiger partial charge in [0.2, 0.25) is 0 Å². The van der Waals surface area contributed by atoms with Crippen LogP contribution in [0.15, 0.2) is 36.5 Å². The summed E-state index contributed by atoms with van der Waals surface area (Å²) in [5, 5.41) is 0.923. The smallest absolute Gasteiger partial charge is 0.306 e. The van der Waals surface area contributed by atoms with E-state index in [1.165, 1.54) is 0 Å². The summed E-state index contributed by atoms with van der Waals surface area (Å²) in [7, 11) is 0. The third-order valence-corrected chi connectivity index (χ3v) is 2.96. The molecule has 0 bridgehead atoms. The van der Waals surface area contributed by atoms with Crippen LogP contribution in [0.1, 0.15) is 36.5 Å². The predicted octanol–water partition coefficient (Wildman–Crippen LogP) is 3.15. The van der Waals surface area contributed by atoms with Gasteiger partial charge >= 0.3 is 5.97 Å². The highest BCUT2D eigenvalue weighted by Gasteiger charge is 2.13. The maximum atomic E-state index is 12.2. The van der Waals surface area contributed by atoms with Gasteiger partial charge in [0.25, 0.3) is 0 Å². The number of para-hydroxylation sites is 1. The van der Waals surface area contributed by atoms with Crippen molar-refractivity contribution in [2.75, 3.05) is 6.61 Å². The second-order valence-corrected chi connectivity index (χ2v) is 4.52. The van der Waals surface area contributed by atoms with Gasteiger partial charge in [-0.25, -0.2) is 0 Å². The second kappa shape index (κ2) is 6.80. The summed E-state index contributed by atoms with van der Waals surface area (Å²) in [5.74, 6) is -0.406. The first-order valence-electron chi connectivity index (χ1n) is 6.75. The molecule has 0 amide bonds. The molecule has 0 radical (unpaired) electrons. The molecule has 0 saturated heterocycles. The molecule has 1 aromatic carbocycles. The molecule has 1 heterocycles. The molecule has 0 aliphatic carbocycles. The van der Waals surface area contributed by atoms with E-state index in [-0.39, 0.29) is 24.6 Å². The van der Waals surface area contributed by atoms with Crippen molar-refractivity contribution in [1.82, 2.24) is 4.98 Å². The molecule has 0 atom stereocenters. The molecular formula is C16H17NO3. The van der Waals surface area contributed by atoms with Crippen LogP contribution in [0.2, 0.25) is 0 Å². The van der Waals surface area contributed by atoms with E-state index < -0.39 is 0 Å². The van der Waals surface area contributed by atoms with Crippen LogP contribution in [-0.2, 0) is 9.53 Å². The topological polar surface area (TPSA) is 56.3 Å². The Hall–Kier alpha value is -2.23. The van der Waals surface area contributed by atoms with Gasteiger partial charge in [0.1, 0.15) is 0 Å². The standard InChI is InChI=1S/C16H17NO3/c1-2-11-20-15(19)9-8-14(18)13-7-3-5-12-6-4-10-17-16(12)13/h3-7,10H,2,8-9,11H2,1H3. The average Bonchev–Trinajstić information content (AvgIpc) is 2.50. The first-order valence-corrected chi connectivity index (χ1v) is 6.75. The minimum absolute atomic E-state index is 0.0808. The number of carbonyl (C=O) groups excluding carboxylic acids is 2. The van der Waals surface area contributed by atoms with Gasteiger partial charge in [-0.2, -0.15) is 0 Å². The molecule has 0 spiro atoms. The lowest BCUT2D eigenvalue weighted by molar-refractivity contribution is -0.143. The predicted molar refractivity (Wildman–Crippen MR) is 76.6 cm³/mol. The van der Waals surface area contributed by atoms with Crippen molar-refractivity contribution in [1.29, 1.82) is 0 Å². The number of hydrogen-bond donors (Lipinski definition) is 0. The molecule has 1 aromatic heterocycles. The van der Waals surface area contributed by atoms with E-state index in [1.807, 2.05) is 31.2 Å². The lowest BCUT2D eigenvalue weighted by Gasteiger charge is -2.05. The Morgan fingerprint density at radius 2 is 1.95 bits per heavy atom. The lowest BCUT2D eigenvalue weighted by atomic mass is 10.0. The monoisotopic (exact) mass is 271 g/mol. The van der Waals surface area contributed by atoms with Crippen LogP contribution < -0.4 is 0 Å². The van der Waals surface area contributed by atoms with Crippen molar-refractivity contribution in [2.24, 2.45) is 0 Å². The van der Waals surface area contributed by atoms with Gasteiger partial charge in [-0.05, 0) is 18.6 Å². The fourth-order valence-corrected chi connectivity index (χ4v) is 1.97. The Morgan fingerprint density at radius 3 is 2.75 bits per heavy atom. The number of aromatic nitrogens is 1. The van der Waals surface area contributed by atoms with E-state index in [9.17, 15) is 9.59 Å². The molecule has 0 aliphatic heterocycles. The number of hydrogen-bond acceptors (Lipinski definition) is 4. The Bertz CT molecular complexity index is 617. The molecule has 20 heavy (non-hydrogen) atoms. The van der Waals surface area contributed by atoms with E-state index in [1.54, 1.807) is 12.3 Å². The summed E-state index contributed by atoms with van der Waals surface area (Å²) in [5.41, 5.74) is 1.24. The second-order valence-electron chi connectivity index (χ2n) is 4.52. The van der Waals surface area contributed by atoms with E-state index in [0.29, 0.717) is 17.7 Å². The Labute approximate surface area is 117 Å². The van der Waals surface area contributed by atoms with Crippen molar-refractivity contribution in [3.8, 4) is 0 Å². The fraction of sp³-hybridized carbons (Fsp3) is 0.312. The van der Waals surface area contributed by atoms with Crippen molar-refractivity contribution in [3.63, 3.8) is 0 Å². The highest BCUT2D eigenvalue weighted by Crippen LogP contribution is 2.18. The molecule has 104 valence electrons. The summed E-state index contributed by atoms with van der Waals surface area (Å²) in [4.78, 5) is 27.8. The zero-order chi connectivity index (χ0) is 14.4. The molecule has 4 nitrogen and oxygen atoms in total. The molecule has 0 N–H and O–H groups in total. The van der Waals surface area contributed by atoms with Crippen molar-refractivity contribution >= 4 is 22.7 Å². The van der Waals surface area contributed by atoms with Gasteiger partial charge in [0, 0.05) is 23.6 Å². The van der Waals surface area contributed by atoms with Crippen LogP contribution >= 0.6 is 0 Å². The van der Waals surface area contributed by atoms with E-state index in [2.05, 4.69) is 4.98 Å². The van der Waals surface area contributed by atoms with E-state index in [0.717, 1.165) is 11.8 Å². The highest BCUT2D eigenvalue weighted by molar-refractivity contribution is 6.07. The molecule has 0 saturated carbocycles. The number of ketones is 1. The van der Waals surface area contributed by atoms with Crippen LogP contribution in [0, 0.1) is 0 Å². The molecule has 0 fully saturated rings. The minimum atomic E-state index is -0.326. The van der Waals surface area contributed by atoms with Gasteiger partial charge < -0.3 is 4.74 Å². The van der Waals surface area contributed by atoms with Gasteiger partial charge in [-0.1, -0.05) is 25.1 Å². The lowest BCUT2D eigenvalue weighted by Crippen LogP contribution is -2.09. The third kappa shape index (κ3) is 3.41. The van der Waals surface area contributed by atoms with Gasteiger partial charge in [-0.15, -0.1) is 0 Å². The van der Waals surface area contributed by atoms with E-state index in [4.69, 9.17) is 4.74 Å². The zero-order valence-electron chi connectivity index (χ0n) is 11.5. The number of Topliss-reactive ketones (excluding diaryl/α,β-unsaturated/α-hetero) is 1. The summed E-state index contributed by atoms with van der Waals surface area (Å²) >= 11 is 0. The number of esters is 1. The Morgan fingerprint density at radius 1 is 1.15 bits per heavy atom. The first-order chi connectivity index (χ1) is 9.72. The van der Waals surface area contributed by atoms with Crippen molar-refractivity contribution < 1.29 is 14.3 Å². The Balaban J connectivity index is 2.06. The van der Waals surface area contributed by atoms with E-state index >= 15 is 0 Å². The zero-order valence-corrected chi connectivity index (χ0v) is 11.5. The number of carbonyl (C=O) groups is 2. The highest BCUT2D eigenvalue weighted by atomic mass is 16.5. The number of ether oxygens (including phenoxy) is 1. The summed E-state index contributed by atoms with van der Waals surface area (Å²) in [6, 6.07) is 9.23. The SMILES string of the molecule is CCCOC(=O)CCC(=O)c1cccc2cccnc12. The van der Waals surface area contributed by atoms with Crippen molar-refractivity contribution in [2.45, 2.75) is 26.2 Å². The molecular weight excluding hydrogens is 254 g/mol. The van der Waals surface area contributed by atoms with Gasteiger partial charge in [0.05, 0.1) is 18.5 Å².